The Labute approximate surface area is 335 Å². The molecule has 0 bridgehead atoms. The summed E-state index contributed by atoms with van der Waals surface area (Å²) in [5.74, 6) is 0.637. The van der Waals surface area contributed by atoms with Gasteiger partial charge in [0.2, 0.25) is 0 Å². The maximum absolute atomic E-state index is 9.42. The molecular formula is C53H35N5. The summed E-state index contributed by atoms with van der Waals surface area (Å²) >= 11 is 0. The summed E-state index contributed by atoms with van der Waals surface area (Å²) in [7, 11) is 0. The van der Waals surface area contributed by atoms with Crippen molar-refractivity contribution < 1.29 is 0 Å². The molecule has 272 valence electrons. The molecule has 3 aromatic heterocycles. The van der Waals surface area contributed by atoms with Crippen molar-refractivity contribution in [1.29, 1.82) is 5.26 Å². The van der Waals surface area contributed by atoms with E-state index in [-0.39, 0.29) is 6.04 Å². The Morgan fingerprint density at radius 1 is 0.517 bits per heavy atom. The molecule has 0 aliphatic heterocycles. The van der Waals surface area contributed by atoms with E-state index in [2.05, 4.69) is 161 Å². The fourth-order valence-electron chi connectivity index (χ4n) is 8.80. The van der Waals surface area contributed by atoms with Crippen molar-refractivity contribution in [3.8, 4) is 56.8 Å². The third-order valence-electron chi connectivity index (χ3n) is 11.5. The Morgan fingerprint density at radius 2 is 1.19 bits per heavy atom. The van der Waals surface area contributed by atoms with Crippen molar-refractivity contribution in [3.63, 3.8) is 0 Å². The SMILES string of the molecule is N#Cc1ccc(-c2cc(-c3ccccc3)nc(-c3cccc(-n4c5ccccc5c5cc(-c6cccc7c6c6ccccc6n7C6C=CC=CC6)ccc54)c3)n2)cc1. The Kier molecular flexibility index (Phi) is 7.94. The van der Waals surface area contributed by atoms with Gasteiger partial charge in [0.05, 0.1) is 45.6 Å². The summed E-state index contributed by atoms with van der Waals surface area (Å²) in [5, 5.41) is 14.4. The third kappa shape index (κ3) is 5.54. The molecule has 1 aliphatic carbocycles. The quantitative estimate of drug-likeness (QED) is 0.170. The summed E-state index contributed by atoms with van der Waals surface area (Å²) in [5.41, 5.74) is 13.3. The van der Waals surface area contributed by atoms with Crippen LogP contribution in [-0.4, -0.2) is 19.1 Å². The number of benzene rings is 7. The van der Waals surface area contributed by atoms with E-state index >= 15 is 0 Å². The second-order valence-corrected chi connectivity index (χ2v) is 14.9. The van der Waals surface area contributed by atoms with Crippen LogP contribution in [0.3, 0.4) is 0 Å². The lowest BCUT2D eigenvalue weighted by molar-refractivity contribution is 0.648. The first-order valence-corrected chi connectivity index (χ1v) is 19.7. The first-order chi connectivity index (χ1) is 28.7. The highest BCUT2D eigenvalue weighted by atomic mass is 15.0. The monoisotopic (exact) mass is 741 g/mol. The Hall–Kier alpha value is -7.81. The Balaban J connectivity index is 1.06. The predicted molar refractivity (Wildman–Crippen MR) is 238 cm³/mol. The maximum Gasteiger partial charge on any atom is 0.160 e. The lowest BCUT2D eigenvalue weighted by atomic mass is 9.98. The van der Waals surface area contributed by atoms with Crippen LogP contribution >= 0.6 is 0 Å². The molecule has 1 aliphatic rings. The van der Waals surface area contributed by atoms with Gasteiger partial charge in [-0.3, -0.25) is 0 Å². The Bertz CT molecular complexity index is 3320. The van der Waals surface area contributed by atoms with Crippen LogP contribution in [0.5, 0.6) is 0 Å². The number of hydrogen-bond acceptors (Lipinski definition) is 3. The van der Waals surface area contributed by atoms with E-state index in [1.807, 2.05) is 48.5 Å². The summed E-state index contributed by atoms with van der Waals surface area (Å²) in [6, 6.07) is 62.0. The number of nitriles is 1. The molecule has 0 radical (unpaired) electrons. The number of aromatic nitrogens is 4. The molecule has 0 fully saturated rings. The van der Waals surface area contributed by atoms with Crippen molar-refractivity contribution >= 4 is 43.6 Å². The highest BCUT2D eigenvalue weighted by molar-refractivity contribution is 6.17. The highest BCUT2D eigenvalue weighted by Gasteiger charge is 2.21. The average molecular weight is 742 g/mol. The third-order valence-corrected chi connectivity index (χ3v) is 11.5. The molecule has 1 atom stereocenters. The fraction of sp³-hybridized carbons (Fsp3) is 0.0377. The molecule has 3 heterocycles. The maximum atomic E-state index is 9.42. The normalized spacial score (nSPS) is 13.8. The van der Waals surface area contributed by atoms with E-state index in [0.717, 1.165) is 51.2 Å². The van der Waals surface area contributed by atoms with Gasteiger partial charge in [0.15, 0.2) is 5.82 Å². The first kappa shape index (κ1) is 33.5. The van der Waals surface area contributed by atoms with Crippen LogP contribution in [0.25, 0.3) is 94.3 Å². The summed E-state index contributed by atoms with van der Waals surface area (Å²) in [6.45, 7) is 0. The van der Waals surface area contributed by atoms with Crippen molar-refractivity contribution in [2.75, 3.05) is 0 Å². The zero-order chi connectivity index (χ0) is 38.6. The van der Waals surface area contributed by atoms with Gasteiger partial charge in [0.25, 0.3) is 0 Å². The lowest BCUT2D eigenvalue weighted by Gasteiger charge is -2.18. The smallest absolute Gasteiger partial charge is 0.160 e. The van der Waals surface area contributed by atoms with Crippen LogP contribution in [0, 0.1) is 11.3 Å². The van der Waals surface area contributed by atoms with E-state index in [1.165, 1.54) is 43.7 Å². The van der Waals surface area contributed by atoms with E-state index in [1.54, 1.807) is 0 Å². The Morgan fingerprint density at radius 3 is 1.98 bits per heavy atom. The minimum absolute atomic E-state index is 0.271. The van der Waals surface area contributed by atoms with E-state index < -0.39 is 0 Å². The number of nitrogens with zero attached hydrogens (tertiary/aromatic N) is 5. The standard InChI is InChI=1S/C53H35N5/c54-34-35-25-27-37(28-26-35)47-33-46(36-13-3-1-4-14-36)55-53(56-47)39-15-11-18-41(31-39)58-48-22-9-7-19-43(48)45-32-38(29-30-50(45)58)42-21-12-24-51-52(42)44-20-8-10-23-49(44)57(51)40-16-5-2-6-17-40/h1-16,18-33,40H,17H2. The van der Waals surface area contributed by atoms with Gasteiger partial charge >= 0.3 is 0 Å². The van der Waals surface area contributed by atoms with Gasteiger partial charge in [-0.25, -0.2) is 9.97 Å². The van der Waals surface area contributed by atoms with Crippen LogP contribution < -0.4 is 0 Å². The highest BCUT2D eigenvalue weighted by Crippen LogP contribution is 2.42. The molecule has 58 heavy (non-hydrogen) atoms. The molecular weight excluding hydrogens is 707 g/mol. The van der Waals surface area contributed by atoms with Crippen LogP contribution in [0.4, 0.5) is 0 Å². The van der Waals surface area contributed by atoms with Crippen molar-refractivity contribution in [2.45, 2.75) is 12.5 Å². The number of hydrogen-bond donors (Lipinski definition) is 0. The predicted octanol–water partition coefficient (Wildman–Crippen LogP) is 13.3. The topological polar surface area (TPSA) is 59.4 Å². The number of rotatable bonds is 6. The minimum Gasteiger partial charge on any atom is -0.333 e. The van der Waals surface area contributed by atoms with Crippen molar-refractivity contribution in [1.82, 2.24) is 19.1 Å². The molecule has 0 saturated carbocycles. The van der Waals surface area contributed by atoms with E-state index in [9.17, 15) is 5.26 Å². The molecule has 10 aromatic rings. The molecule has 0 saturated heterocycles. The zero-order valence-electron chi connectivity index (χ0n) is 31.5. The second-order valence-electron chi connectivity index (χ2n) is 14.9. The number of fused-ring (bicyclic) bond motifs is 6. The van der Waals surface area contributed by atoms with Gasteiger partial charge in [-0.15, -0.1) is 0 Å². The minimum atomic E-state index is 0.271. The molecule has 5 nitrogen and oxygen atoms in total. The largest absolute Gasteiger partial charge is 0.333 e. The lowest BCUT2D eigenvalue weighted by Crippen LogP contribution is -2.06. The van der Waals surface area contributed by atoms with Gasteiger partial charge < -0.3 is 9.13 Å². The van der Waals surface area contributed by atoms with Crippen molar-refractivity contribution in [3.05, 3.63) is 200 Å². The molecule has 0 N–H and O–H groups in total. The summed E-state index contributed by atoms with van der Waals surface area (Å²) in [6.07, 6.45) is 9.86. The van der Waals surface area contributed by atoms with Crippen molar-refractivity contribution in [2.24, 2.45) is 0 Å². The average Bonchev–Trinajstić information content (AvgIpc) is 3.82. The zero-order valence-corrected chi connectivity index (χ0v) is 31.5. The van der Waals surface area contributed by atoms with E-state index in [4.69, 9.17) is 9.97 Å². The van der Waals surface area contributed by atoms with Gasteiger partial charge in [-0.2, -0.15) is 5.26 Å². The van der Waals surface area contributed by atoms with Gasteiger partial charge in [0, 0.05) is 49.4 Å². The number of para-hydroxylation sites is 2. The fourth-order valence-corrected chi connectivity index (χ4v) is 8.80. The summed E-state index contributed by atoms with van der Waals surface area (Å²) in [4.78, 5) is 10.2. The van der Waals surface area contributed by atoms with Crippen LogP contribution in [-0.2, 0) is 0 Å². The number of allylic oxidation sites excluding steroid dienone is 4. The molecule has 11 rings (SSSR count). The van der Waals surface area contributed by atoms with Crippen LogP contribution in [0.2, 0.25) is 0 Å². The van der Waals surface area contributed by atoms with Crippen LogP contribution in [0.1, 0.15) is 18.0 Å². The molecule has 7 aromatic carbocycles. The second kappa shape index (κ2) is 13.7. The molecule has 0 spiro atoms. The van der Waals surface area contributed by atoms with Crippen LogP contribution in [0.15, 0.2) is 194 Å². The van der Waals surface area contributed by atoms with Gasteiger partial charge in [-0.1, -0.05) is 133 Å². The van der Waals surface area contributed by atoms with E-state index in [0.29, 0.717) is 11.4 Å². The molecule has 5 heteroatoms. The van der Waals surface area contributed by atoms with Gasteiger partial charge in [0.1, 0.15) is 0 Å². The van der Waals surface area contributed by atoms with Gasteiger partial charge in [-0.05, 0) is 78.2 Å². The molecule has 1 unspecified atom stereocenters. The first-order valence-electron chi connectivity index (χ1n) is 19.7. The molecule has 0 amide bonds. The summed E-state index contributed by atoms with van der Waals surface area (Å²) < 4.78 is 4.87.